The van der Waals surface area contributed by atoms with Crippen molar-refractivity contribution in [2.45, 2.75) is 57.8 Å². The molecule has 0 bridgehead atoms. The number of hydrogen-bond donors (Lipinski definition) is 0. The van der Waals surface area contributed by atoms with Gasteiger partial charge in [-0.1, -0.05) is 38.2 Å². The first-order valence-corrected chi connectivity index (χ1v) is 10.7. The van der Waals surface area contributed by atoms with Crippen LogP contribution in [0.25, 0.3) is 0 Å². The van der Waals surface area contributed by atoms with Crippen LogP contribution in [0, 0.1) is 11.3 Å². The van der Waals surface area contributed by atoms with E-state index in [2.05, 4.69) is 9.88 Å². The average molecular weight is 370 g/mol. The topological polar surface area (TPSA) is 53.5 Å². The third-order valence-electron chi connectivity index (χ3n) is 6.88. The molecule has 146 valence electrons. The molecule has 0 radical (unpaired) electrons. The monoisotopic (exact) mass is 369 g/mol. The highest BCUT2D eigenvalue weighted by molar-refractivity contribution is 5.93. The van der Waals surface area contributed by atoms with Gasteiger partial charge in [0.1, 0.15) is 5.69 Å². The van der Waals surface area contributed by atoms with Gasteiger partial charge in [0.05, 0.1) is 5.41 Å². The van der Waals surface area contributed by atoms with Gasteiger partial charge in [0.25, 0.3) is 5.91 Å². The summed E-state index contributed by atoms with van der Waals surface area (Å²) in [5.74, 6) is 1.05. The molecule has 0 N–H and O–H groups in total. The van der Waals surface area contributed by atoms with Crippen molar-refractivity contribution in [3.8, 4) is 0 Å². The zero-order chi connectivity index (χ0) is 18.7. The molecule has 3 aliphatic rings. The van der Waals surface area contributed by atoms with Crippen molar-refractivity contribution in [1.82, 2.24) is 14.8 Å². The van der Waals surface area contributed by atoms with Gasteiger partial charge in [-0.15, -0.1) is 0 Å². The molecule has 5 heteroatoms. The van der Waals surface area contributed by atoms with Gasteiger partial charge in [-0.2, -0.15) is 0 Å². The number of aromatic nitrogens is 1. The lowest BCUT2D eigenvalue weighted by molar-refractivity contribution is -0.145. The number of carbonyl (C=O) groups excluding carboxylic acids is 2. The summed E-state index contributed by atoms with van der Waals surface area (Å²) >= 11 is 0. The predicted octanol–water partition coefficient (Wildman–Crippen LogP) is 3.51. The van der Waals surface area contributed by atoms with Crippen molar-refractivity contribution in [2.75, 3.05) is 26.2 Å². The third kappa shape index (κ3) is 3.87. The van der Waals surface area contributed by atoms with E-state index < -0.39 is 0 Å². The van der Waals surface area contributed by atoms with Crippen LogP contribution in [0.15, 0.2) is 24.4 Å². The summed E-state index contributed by atoms with van der Waals surface area (Å²) in [4.78, 5) is 34.2. The van der Waals surface area contributed by atoms with Crippen LogP contribution in [0.4, 0.5) is 0 Å². The molecule has 1 atom stereocenters. The van der Waals surface area contributed by atoms with Crippen molar-refractivity contribution in [3.05, 3.63) is 30.1 Å². The van der Waals surface area contributed by atoms with Crippen LogP contribution in [0.5, 0.6) is 0 Å². The van der Waals surface area contributed by atoms with Crippen molar-refractivity contribution < 1.29 is 9.59 Å². The Bertz CT molecular complexity index is 671. The summed E-state index contributed by atoms with van der Waals surface area (Å²) in [6, 6.07) is 5.41. The molecule has 27 heavy (non-hydrogen) atoms. The largest absolute Gasteiger partial charge is 0.342 e. The number of nitrogens with zero attached hydrogens (tertiary/aromatic N) is 3. The van der Waals surface area contributed by atoms with Gasteiger partial charge in [-0.25, -0.2) is 0 Å². The molecule has 2 amide bonds. The Hall–Kier alpha value is -1.91. The van der Waals surface area contributed by atoms with Gasteiger partial charge in [-0.3, -0.25) is 14.6 Å². The molecule has 1 saturated carbocycles. The molecule has 1 aromatic rings. The lowest BCUT2D eigenvalue weighted by Gasteiger charge is -2.40. The van der Waals surface area contributed by atoms with E-state index in [1.807, 2.05) is 17.0 Å². The van der Waals surface area contributed by atoms with E-state index in [9.17, 15) is 9.59 Å². The zero-order valence-electron chi connectivity index (χ0n) is 16.2. The molecule has 5 nitrogen and oxygen atoms in total. The highest BCUT2D eigenvalue weighted by Gasteiger charge is 2.49. The number of carbonyl (C=O) groups is 2. The summed E-state index contributed by atoms with van der Waals surface area (Å²) in [5, 5.41) is 0. The van der Waals surface area contributed by atoms with E-state index in [0.717, 1.165) is 44.7 Å². The van der Waals surface area contributed by atoms with Gasteiger partial charge in [0.2, 0.25) is 5.91 Å². The Kier molecular flexibility index (Phi) is 5.46. The van der Waals surface area contributed by atoms with Crippen LogP contribution < -0.4 is 0 Å². The van der Waals surface area contributed by atoms with Crippen LogP contribution in [0.3, 0.4) is 0 Å². The van der Waals surface area contributed by atoms with E-state index in [4.69, 9.17) is 0 Å². The number of likely N-dealkylation sites (tertiary alicyclic amines) is 2. The van der Waals surface area contributed by atoms with Crippen molar-refractivity contribution in [2.24, 2.45) is 11.3 Å². The lowest BCUT2D eigenvalue weighted by atomic mass is 9.78. The van der Waals surface area contributed by atoms with Crippen molar-refractivity contribution in [1.29, 1.82) is 0 Å². The van der Waals surface area contributed by atoms with E-state index in [-0.39, 0.29) is 11.3 Å². The molecule has 2 saturated heterocycles. The fourth-order valence-electron chi connectivity index (χ4n) is 5.26. The van der Waals surface area contributed by atoms with E-state index in [1.54, 1.807) is 12.3 Å². The zero-order valence-corrected chi connectivity index (χ0v) is 16.2. The van der Waals surface area contributed by atoms with Gasteiger partial charge < -0.3 is 9.80 Å². The molecular weight excluding hydrogens is 338 g/mol. The molecule has 0 unspecified atom stereocenters. The quantitative estimate of drug-likeness (QED) is 0.816. The third-order valence-corrected chi connectivity index (χ3v) is 6.88. The molecule has 0 aromatic carbocycles. The Balaban J connectivity index is 1.37. The van der Waals surface area contributed by atoms with Gasteiger partial charge in [0.15, 0.2) is 0 Å². The summed E-state index contributed by atoms with van der Waals surface area (Å²) < 4.78 is 0. The lowest BCUT2D eigenvalue weighted by Crippen LogP contribution is -2.50. The molecule has 3 fully saturated rings. The molecule has 1 spiro atoms. The number of amides is 2. The maximum atomic E-state index is 13.3. The maximum Gasteiger partial charge on any atom is 0.272 e. The first kappa shape index (κ1) is 18.5. The van der Waals surface area contributed by atoms with Crippen LogP contribution in [-0.2, 0) is 4.79 Å². The Morgan fingerprint density at radius 3 is 2.74 bits per heavy atom. The second-order valence-electron chi connectivity index (χ2n) is 8.66. The van der Waals surface area contributed by atoms with E-state index in [1.165, 1.54) is 32.1 Å². The number of rotatable bonds is 4. The molecule has 2 aliphatic heterocycles. The Labute approximate surface area is 162 Å². The molecule has 1 aliphatic carbocycles. The minimum Gasteiger partial charge on any atom is -0.342 e. The first-order chi connectivity index (χ1) is 13.2. The molecule has 1 aromatic heterocycles. The number of hydrogen-bond acceptors (Lipinski definition) is 3. The predicted molar refractivity (Wildman–Crippen MR) is 104 cm³/mol. The minimum absolute atomic E-state index is 0.0420. The van der Waals surface area contributed by atoms with Crippen LogP contribution in [-0.4, -0.2) is 52.8 Å². The van der Waals surface area contributed by atoms with Gasteiger partial charge >= 0.3 is 0 Å². The number of piperidine rings is 1. The molecule has 4 rings (SSSR count). The van der Waals surface area contributed by atoms with Crippen molar-refractivity contribution in [3.63, 3.8) is 0 Å². The first-order valence-electron chi connectivity index (χ1n) is 10.7. The standard InChI is InChI=1S/C22H31N3O2/c26-20(19-9-4-5-13-23-19)25-16-12-22(17-25)11-6-14-24(21(22)27)15-10-18-7-2-1-3-8-18/h4-5,9,13,18H,1-3,6-8,10-12,14-17H2/t22-/m1/s1. The smallest absolute Gasteiger partial charge is 0.272 e. The second-order valence-corrected chi connectivity index (χ2v) is 8.66. The average Bonchev–Trinajstić information content (AvgIpc) is 3.15. The normalized spacial score (nSPS) is 26.7. The SMILES string of the molecule is O=C(c1ccccn1)N1CC[C@]2(CCCN(CCC3CCCCC3)C2=O)C1. The highest BCUT2D eigenvalue weighted by atomic mass is 16.2. The summed E-state index contributed by atoms with van der Waals surface area (Å²) in [6.45, 7) is 3.01. The van der Waals surface area contributed by atoms with Crippen LogP contribution >= 0.6 is 0 Å². The fraction of sp³-hybridized carbons (Fsp3) is 0.682. The second kappa shape index (κ2) is 7.99. The minimum atomic E-state index is -0.352. The van der Waals surface area contributed by atoms with E-state index >= 15 is 0 Å². The Morgan fingerprint density at radius 2 is 1.96 bits per heavy atom. The van der Waals surface area contributed by atoms with Gasteiger partial charge in [-0.05, 0) is 43.7 Å². The highest BCUT2D eigenvalue weighted by Crippen LogP contribution is 2.40. The Morgan fingerprint density at radius 1 is 1.11 bits per heavy atom. The summed E-state index contributed by atoms with van der Waals surface area (Å²) in [6.07, 6.45) is 12.3. The maximum absolute atomic E-state index is 13.3. The molecule has 3 heterocycles. The summed E-state index contributed by atoms with van der Waals surface area (Å²) in [5.41, 5.74) is 0.127. The van der Waals surface area contributed by atoms with E-state index in [0.29, 0.717) is 24.7 Å². The molecular formula is C22H31N3O2. The van der Waals surface area contributed by atoms with Crippen LogP contribution in [0.2, 0.25) is 0 Å². The van der Waals surface area contributed by atoms with Crippen LogP contribution in [0.1, 0.15) is 68.3 Å². The number of pyridine rings is 1. The fourth-order valence-corrected chi connectivity index (χ4v) is 5.26. The summed E-state index contributed by atoms with van der Waals surface area (Å²) in [7, 11) is 0. The van der Waals surface area contributed by atoms with Crippen molar-refractivity contribution >= 4 is 11.8 Å². The van der Waals surface area contributed by atoms with Gasteiger partial charge in [0, 0.05) is 32.4 Å².